The van der Waals surface area contributed by atoms with Gasteiger partial charge >= 0.3 is 6.97 Å². The number of allylic oxidation sites excluding steroid dienone is 2. The first kappa shape index (κ1) is 22.0. The molecule has 4 aliphatic rings. The van der Waals surface area contributed by atoms with Crippen molar-refractivity contribution in [3.63, 3.8) is 0 Å². The third-order valence-corrected chi connectivity index (χ3v) is 9.17. The van der Waals surface area contributed by atoms with Crippen molar-refractivity contribution in [3.8, 4) is 11.1 Å². The number of aromatic nitrogens is 1. The van der Waals surface area contributed by atoms with Crippen LogP contribution in [0.2, 0.25) is 0 Å². The van der Waals surface area contributed by atoms with E-state index in [2.05, 4.69) is 48.5 Å². The molecule has 0 atom stereocenters. The van der Waals surface area contributed by atoms with Crippen molar-refractivity contribution in [1.82, 2.24) is 4.48 Å². The van der Waals surface area contributed by atoms with Gasteiger partial charge in [-0.3, -0.25) is 0 Å². The Morgan fingerprint density at radius 3 is 2.11 bits per heavy atom. The second-order valence-corrected chi connectivity index (χ2v) is 11.0. The predicted octanol–water partition coefficient (Wildman–Crippen LogP) is 7.44. The number of fused-ring (bicyclic) bond motifs is 9. The van der Waals surface area contributed by atoms with E-state index in [-0.39, 0.29) is 0 Å². The maximum Gasteiger partial charge on any atom is 0.737 e. The van der Waals surface area contributed by atoms with E-state index in [0.29, 0.717) is 22.8 Å². The summed E-state index contributed by atoms with van der Waals surface area (Å²) in [6.07, 6.45) is 3.31. The van der Waals surface area contributed by atoms with Gasteiger partial charge in [0.2, 0.25) is 0 Å². The van der Waals surface area contributed by atoms with Gasteiger partial charge in [-0.25, -0.2) is 0 Å². The first-order chi connectivity index (χ1) is 18.5. The molecule has 0 N–H and O–H groups in total. The highest BCUT2D eigenvalue weighted by atomic mass is 19.2. The minimum atomic E-state index is -4.09. The van der Waals surface area contributed by atoms with Gasteiger partial charge in [0.15, 0.2) is 5.70 Å². The SMILES string of the molecule is CC1=[N+]2C(=C(c3ccccc3)c3c4c(c(C)n3[B-]2(F)F)CCc2ccccc2-4)C2=C1CCc1ccccc12. The van der Waals surface area contributed by atoms with Gasteiger partial charge in [-0.2, -0.15) is 0 Å². The molecule has 0 saturated heterocycles. The maximum absolute atomic E-state index is 17.1. The second kappa shape index (κ2) is 7.53. The monoisotopic (exact) mass is 500 g/mol. The highest BCUT2D eigenvalue weighted by molar-refractivity contribution is 6.59. The molecule has 186 valence electrons. The number of hydrogen-bond donors (Lipinski definition) is 0. The fourth-order valence-corrected chi connectivity index (χ4v) is 7.56. The lowest BCUT2D eigenvalue weighted by molar-refractivity contribution is -0.360. The van der Waals surface area contributed by atoms with E-state index in [4.69, 9.17) is 0 Å². The number of rotatable bonds is 1. The summed E-state index contributed by atoms with van der Waals surface area (Å²) in [5.41, 5.74) is 13.4. The number of halogens is 2. The largest absolute Gasteiger partial charge is 0.737 e. The van der Waals surface area contributed by atoms with Crippen molar-refractivity contribution < 1.29 is 13.1 Å². The minimum Gasteiger partial charge on any atom is -0.393 e. The van der Waals surface area contributed by atoms with E-state index in [9.17, 15) is 0 Å². The summed E-state index contributed by atoms with van der Waals surface area (Å²) in [6.45, 7) is -0.302. The summed E-state index contributed by atoms with van der Waals surface area (Å²) < 4.78 is 37.0. The van der Waals surface area contributed by atoms with Gasteiger partial charge in [0, 0.05) is 23.8 Å². The van der Waals surface area contributed by atoms with Crippen molar-refractivity contribution in [2.45, 2.75) is 39.5 Å². The Bertz CT molecular complexity index is 1800. The van der Waals surface area contributed by atoms with Crippen LogP contribution in [-0.2, 0) is 19.3 Å². The minimum absolute atomic E-state index is 0.678. The van der Waals surface area contributed by atoms with E-state index >= 15 is 8.63 Å². The molecule has 3 aromatic carbocycles. The summed E-state index contributed by atoms with van der Waals surface area (Å²) in [6, 6.07) is 26.9. The Balaban J connectivity index is 1.58. The molecule has 4 aromatic rings. The van der Waals surface area contributed by atoms with Crippen LogP contribution in [0.15, 0.2) is 90.1 Å². The summed E-state index contributed by atoms with van der Waals surface area (Å²) >= 11 is 0. The number of benzene rings is 3. The van der Waals surface area contributed by atoms with Crippen molar-refractivity contribution in [2.24, 2.45) is 0 Å². The molecule has 2 nitrogen and oxygen atoms in total. The van der Waals surface area contributed by atoms with Crippen LogP contribution in [0.25, 0.3) is 22.3 Å². The maximum atomic E-state index is 17.1. The molecule has 3 heterocycles. The van der Waals surface area contributed by atoms with Crippen LogP contribution in [0.4, 0.5) is 8.63 Å². The molecule has 5 heteroatoms. The van der Waals surface area contributed by atoms with Crippen LogP contribution < -0.4 is 0 Å². The molecular weight excluding hydrogens is 473 g/mol. The summed E-state index contributed by atoms with van der Waals surface area (Å²) in [5.74, 6) is 0. The molecule has 0 radical (unpaired) electrons. The van der Waals surface area contributed by atoms with Gasteiger partial charge in [-0.1, -0.05) is 78.9 Å². The molecule has 0 unspecified atom stereocenters. The van der Waals surface area contributed by atoms with Crippen molar-refractivity contribution >= 4 is 23.8 Å². The Morgan fingerprint density at radius 2 is 1.34 bits per heavy atom. The average Bonchev–Trinajstić information content (AvgIpc) is 3.42. The normalized spacial score (nSPS) is 18.5. The smallest absolute Gasteiger partial charge is 0.393 e. The van der Waals surface area contributed by atoms with Gasteiger partial charge in [0.05, 0.1) is 11.1 Å². The van der Waals surface area contributed by atoms with E-state index in [1.165, 1.54) is 20.1 Å². The zero-order valence-electron chi connectivity index (χ0n) is 21.6. The fraction of sp³-hybridized carbons (Fsp3) is 0.182. The fourth-order valence-electron chi connectivity index (χ4n) is 7.56. The van der Waals surface area contributed by atoms with E-state index in [0.717, 1.165) is 70.2 Å². The Labute approximate surface area is 221 Å². The summed E-state index contributed by atoms with van der Waals surface area (Å²) in [5, 5.41) is 0. The molecule has 1 aromatic heterocycles. The van der Waals surface area contributed by atoms with Crippen LogP contribution in [0.5, 0.6) is 0 Å². The van der Waals surface area contributed by atoms with Crippen LogP contribution in [0.1, 0.15) is 52.5 Å². The first-order valence-corrected chi connectivity index (χ1v) is 13.6. The Morgan fingerprint density at radius 1 is 0.711 bits per heavy atom. The van der Waals surface area contributed by atoms with Crippen LogP contribution in [0, 0.1) is 6.92 Å². The van der Waals surface area contributed by atoms with Crippen molar-refractivity contribution in [2.75, 3.05) is 0 Å². The Kier molecular flexibility index (Phi) is 4.37. The number of hydrogen-bond acceptors (Lipinski definition) is 0. The topological polar surface area (TPSA) is 7.94 Å². The van der Waals surface area contributed by atoms with E-state index < -0.39 is 6.97 Å². The Hall–Kier alpha value is -3.99. The number of aryl methyl sites for hydroxylation is 2. The van der Waals surface area contributed by atoms with E-state index in [1.807, 2.05) is 44.2 Å². The molecule has 0 bridgehead atoms. The van der Waals surface area contributed by atoms with Crippen molar-refractivity contribution in [1.29, 1.82) is 0 Å². The lowest BCUT2D eigenvalue weighted by Crippen LogP contribution is -2.51. The molecule has 2 aliphatic carbocycles. The molecule has 0 fully saturated rings. The third-order valence-electron chi connectivity index (χ3n) is 9.17. The second-order valence-electron chi connectivity index (χ2n) is 11.0. The molecule has 0 saturated carbocycles. The zero-order valence-corrected chi connectivity index (χ0v) is 21.6. The van der Waals surface area contributed by atoms with Gasteiger partial charge in [0.1, 0.15) is 5.71 Å². The summed E-state index contributed by atoms with van der Waals surface area (Å²) in [4.78, 5) is 0. The van der Waals surface area contributed by atoms with Gasteiger partial charge in [-0.15, -0.1) is 0 Å². The van der Waals surface area contributed by atoms with Gasteiger partial charge in [0.25, 0.3) is 0 Å². The number of nitrogens with zero attached hydrogens (tertiary/aromatic N) is 2. The molecule has 0 amide bonds. The molecule has 0 spiro atoms. The van der Waals surface area contributed by atoms with Crippen molar-refractivity contribution in [3.05, 3.63) is 129 Å². The summed E-state index contributed by atoms with van der Waals surface area (Å²) in [7, 11) is 0. The highest BCUT2D eigenvalue weighted by Crippen LogP contribution is 2.54. The van der Waals surface area contributed by atoms with Crippen LogP contribution in [0.3, 0.4) is 0 Å². The van der Waals surface area contributed by atoms with Crippen LogP contribution in [-0.4, -0.2) is 21.6 Å². The van der Waals surface area contributed by atoms with Gasteiger partial charge < -0.3 is 17.6 Å². The first-order valence-electron chi connectivity index (χ1n) is 13.6. The molecule has 8 rings (SSSR count). The third kappa shape index (κ3) is 2.64. The molecular formula is C33H27BF2N2. The molecule has 38 heavy (non-hydrogen) atoms. The lowest BCUT2D eigenvalue weighted by atomic mass is 9.78. The quantitative estimate of drug-likeness (QED) is 0.240. The highest BCUT2D eigenvalue weighted by Gasteiger charge is 2.58. The lowest BCUT2D eigenvalue weighted by Gasteiger charge is -2.34. The molecule has 2 aliphatic heterocycles. The van der Waals surface area contributed by atoms with Crippen LogP contribution >= 0.6 is 0 Å². The predicted molar refractivity (Wildman–Crippen MR) is 150 cm³/mol. The van der Waals surface area contributed by atoms with E-state index in [1.54, 1.807) is 0 Å². The average molecular weight is 500 g/mol. The van der Waals surface area contributed by atoms with Gasteiger partial charge in [-0.05, 0) is 71.7 Å². The standard InChI is InChI=1S/C33H27BF2N2/c1-20-25-18-16-22-10-6-8-14-27(22)30(25)32-29(24-12-4-3-5-13-24)33-31-26(19-17-23-11-7-9-15-28(23)31)21(2)38(33)34(35,36)37(20)32/h3-15H,16-19H2,1-2H3. The zero-order chi connectivity index (χ0) is 25.8.